The van der Waals surface area contributed by atoms with Crippen molar-refractivity contribution >= 4 is 24.4 Å². The normalized spacial score (nSPS) is 9.80. The number of thiol groups is 1. The standard InChI is InChI=1S/C8H10S2/c1-7-3-2-4-8(5-7)10-6-9/h2-5,9H,6H2,1H3. The fraction of sp³-hybridized carbons (Fsp3) is 0.250. The van der Waals surface area contributed by atoms with Gasteiger partial charge in [0, 0.05) is 9.98 Å². The molecule has 0 fully saturated rings. The van der Waals surface area contributed by atoms with Crippen LogP contribution in [0.15, 0.2) is 29.2 Å². The molecule has 1 rings (SSSR count). The smallest absolute Gasteiger partial charge is 0.0409 e. The Labute approximate surface area is 71.4 Å². The lowest BCUT2D eigenvalue weighted by molar-refractivity contribution is 1.36. The monoisotopic (exact) mass is 170 g/mol. The Morgan fingerprint density at radius 3 is 2.90 bits per heavy atom. The molecule has 0 aliphatic rings. The Bertz CT molecular complexity index is 208. The van der Waals surface area contributed by atoms with E-state index in [4.69, 9.17) is 0 Å². The van der Waals surface area contributed by atoms with Crippen molar-refractivity contribution in [2.24, 2.45) is 0 Å². The van der Waals surface area contributed by atoms with Gasteiger partial charge in [0.15, 0.2) is 0 Å². The van der Waals surface area contributed by atoms with Crippen LogP contribution >= 0.6 is 24.4 Å². The van der Waals surface area contributed by atoms with Gasteiger partial charge in [0.1, 0.15) is 0 Å². The first-order valence-corrected chi connectivity index (χ1v) is 4.75. The number of aryl methyl sites for hydroxylation is 1. The van der Waals surface area contributed by atoms with Gasteiger partial charge in [-0.15, -0.1) is 11.8 Å². The molecule has 0 amide bonds. The third kappa shape index (κ3) is 2.27. The van der Waals surface area contributed by atoms with Gasteiger partial charge >= 0.3 is 0 Å². The van der Waals surface area contributed by atoms with E-state index in [-0.39, 0.29) is 0 Å². The predicted molar refractivity (Wildman–Crippen MR) is 50.9 cm³/mol. The summed E-state index contributed by atoms with van der Waals surface area (Å²) in [7, 11) is 0. The van der Waals surface area contributed by atoms with Crippen LogP contribution in [0.25, 0.3) is 0 Å². The van der Waals surface area contributed by atoms with Crippen molar-refractivity contribution in [3.05, 3.63) is 29.8 Å². The molecule has 0 aliphatic heterocycles. The summed E-state index contributed by atoms with van der Waals surface area (Å²) in [6.07, 6.45) is 0. The molecule has 0 spiro atoms. The van der Waals surface area contributed by atoms with Gasteiger partial charge in [-0.1, -0.05) is 17.7 Å². The van der Waals surface area contributed by atoms with Gasteiger partial charge in [0.2, 0.25) is 0 Å². The van der Waals surface area contributed by atoms with Crippen LogP contribution in [0.5, 0.6) is 0 Å². The summed E-state index contributed by atoms with van der Waals surface area (Å²) in [4.78, 5) is 1.30. The second-order valence-corrected chi connectivity index (χ2v) is 3.88. The van der Waals surface area contributed by atoms with E-state index in [1.54, 1.807) is 11.8 Å². The second kappa shape index (κ2) is 3.94. The first-order chi connectivity index (χ1) is 4.83. The number of hydrogen-bond donors (Lipinski definition) is 1. The molecule has 0 atom stereocenters. The number of thioether (sulfide) groups is 1. The summed E-state index contributed by atoms with van der Waals surface area (Å²) in [5.41, 5.74) is 1.31. The van der Waals surface area contributed by atoms with Crippen molar-refractivity contribution in [1.82, 2.24) is 0 Å². The Balaban J connectivity index is 2.75. The molecular formula is C8H10S2. The third-order valence-electron chi connectivity index (χ3n) is 1.22. The summed E-state index contributed by atoms with van der Waals surface area (Å²) in [6, 6.07) is 8.44. The Morgan fingerprint density at radius 2 is 2.30 bits per heavy atom. The topological polar surface area (TPSA) is 0 Å². The van der Waals surface area contributed by atoms with Crippen molar-refractivity contribution in [2.45, 2.75) is 11.8 Å². The third-order valence-corrected chi connectivity index (χ3v) is 2.32. The minimum atomic E-state index is 0.851. The van der Waals surface area contributed by atoms with Crippen molar-refractivity contribution in [3.8, 4) is 0 Å². The van der Waals surface area contributed by atoms with E-state index in [1.807, 2.05) is 0 Å². The van der Waals surface area contributed by atoms with Crippen LogP contribution in [-0.2, 0) is 0 Å². The lowest BCUT2D eigenvalue weighted by atomic mass is 10.2. The highest BCUT2D eigenvalue weighted by molar-refractivity contribution is 8.09. The molecule has 0 radical (unpaired) electrons. The van der Waals surface area contributed by atoms with Crippen LogP contribution in [0.1, 0.15) is 5.56 Å². The van der Waals surface area contributed by atoms with E-state index in [9.17, 15) is 0 Å². The highest BCUT2D eigenvalue weighted by atomic mass is 32.2. The first kappa shape index (κ1) is 8.02. The van der Waals surface area contributed by atoms with E-state index in [0.717, 1.165) is 5.08 Å². The summed E-state index contributed by atoms with van der Waals surface area (Å²) in [6.45, 7) is 2.10. The second-order valence-electron chi connectivity index (χ2n) is 2.09. The minimum absolute atomic E-state index is 0.851. The summed E-state index contributed by atoms with van der Waals surface area (Å²) in [5.74, 6) is 0. The maximum absolute atomic E-state index is 4.13. The fourth-order valence-corrected chi connectivity index (χ4v) is 1.82. The van der Waals surface area contributed by atoms with Crippen molar-refractivity contribution in [2.75, 3.05) is 5.08 Å². The van der Waals surface area contributed by atoms with Crippen LogP contribution in [0.3, 0.4) is 0 Å². The molecule has 0 aliphatic carbocycles. The summed E-state index contributed by atoms with van der Waals surface area (Å²) >= 11 is 5.88. The van der Waals surface area contributed by atoms with Crippen molar-refractivity contribution < 1.29 is 0 Å². The number of hydrogen-bond acceptors (Lipinski definition) is 2. The molecule has 10 heavy (non-hydrogen) atoms. The molecule has 54 valence electrons. The van der Waals surface area contributed by atoms with Gasteiger partial charge in [-0.05, 0) is 19.1 Å². The molecule has 0 nitrogen and oxygen atoms in total. The molecular weight excluding hydrogens is 160 g/mol. The molecule has 0 saturated carbocycles. The molecule has 0 saturated heterocycles. The van der Waals surface area contributed by atoms with Crippen molar-refractivity contribution in [1.29, 1.82) is 0 Å². The van der Waals surface area contributed by atoms with E-state index in [2.05, 4.69) is 43.8 Å². The lowest BCUT2D eigenvalue weighted by Gasteiger charge is -1.97. The maximum atomic E-state index is 4.13. The van der Waals surface area contributed by atoms with E-state index in [0.29, 0.717) is 0 Å². The Hall–Kier alpha value is -0.0800. The van der Waals surface area contributed by atoms with Crippen molar-refractivity contribution in [3.63, 3.8) is 0 Å². The van der Waals surface area contributed by atoms with Gasteiger partial charge in [-0.3, -0.25) is 0 Å². The van der Waals surface area contributed by atoms with Crippen LogP contribution < -0.4 is 0 Å². The SMILES string of the molecule is Cc1cccc(SCS)c1. The Kier molecular flexibility index (Phi) is 3.16. The summed E-state index contributed by atoms with van der Waals surface area (Å²) in [5, 5.41) is 0.851. The molecule has 0 bridgehead atoms. The average Bonchev–Trinajstić information content (AvgIpc) is 1.88. The molecule has 2 heteroatoms. The number of rotatable bonds is 2. The van der Waals surface area contributed by atoms with Gasteiger partial charge in [-0.25, -0.2) is 0 Å². The highest BCUT2D eigenvalue weighted by Crippen LogP contribution is 2.19. The lowest BCUT2D eigenvalue weighted by Crippen LogP contribution is -1.73. The molecule has 0 aromatic heterocycles. The fourth-order valence-electron chi connectivity index (χ4n) is 0.780. The van der Waals surface area contributed by atoms with E-state index < -0.39 is 0 Å². The van der Waals surface area contributed by atoms with E-state index in [1.165, 1.54) is 10.5 Å². The zero-order valence-corrected chi connectivity index (χ0v) is 7.58. The largest absolute Gasteiger partial charge is 0.168 e. The molecule has 1 aromatic carbocycles. The zero-order chi connectivity index (χ0) is 7.40. The van der Waals surface area contributed by atoms with Gasteiger partial charge in [-0.2, -0.15) is 12.6 Å². The first-order valence-electron chi connectivity index (χ1n) is 3.13. The Morgan fingerprint density at radius 1 is 1.50 bits per heavy atom. The highest BCUT2D eigenvalue weighted by Gasteiger charge is 1.89. The predicted octanol–water partition coefficient (Wildman–Crippen LogP) is 2.97. The van der Waals surface area contributed by atoms with Crippen LogP contribution in [0.4, 0.5) is 0 Å². The van der Waals surface area contributed by atoms with Gasteiger partial charge in [0.25, 0.3) is 0 Å². The number of benzene rings is 1. The van der Waals surface area contributed by atoms with Gasteiger partial charge < -0.3 is 0 Å². The van der Waals surface area contributed by atoms with Crippen LogP contribution in [0, 0.1) is 6.92 Å². The average molecular weight is 170 g/mol. The molecule has 1 aromatic rings. The minimum Gasteiger partial charge on any atom is -0.168 e. The maximum Gasteiger partial charge on any atom is 0.0409 e. The molecule has 0 unspecified atom stereocenters. The van der Waals surface area contributed by atoms with Crippen LogP contribution in [0.2, 0.25) is 0 Å². The molecule has 0 heterocycles. The zero-order valence-electron chi connectivity index (χ0n) is 5.87. The van der Waals surface area contributed by atoms with E-state index >= 15 is 0 Å². The van der Waals surface area contributed by atoms with Gasteiger partial charge in [0.05, 0.1) is 0 Å². The summed E-state index contributed by atoms with van der Waals surface area (Å²) < 4.78 is 0. The quantitative estimate of drug-likeness (QED) is 0.404. The van der Waals surface area contributed by atoms with Crippen LogP contribution in [-0.4, -0.2) is 5.08 Å². The molecule has 0 N–H and O–H groups in total.